The number of hydrogen-bond acceptors (Lipinski definition) is 3. The van der Waals surface area contributed by atoms with Gasteiger partial charge in [0.1, 0.15) is 0 Å². The summed E-state index contributed by atoms with van der Waals surface area (Å²) in [6.45, 7) is 5.51. The maximum absolute atomic E-state index is 4.23. The molecule has 1 aliphatic heterocycles. The van der Waals surface area contributed by atoms with Crippen molar-refractivity contribution in [3.05, 3.63) is 18.5 Å². The minimum Gasteiger partial charge on any atom is -0.317 e. The average Bonchev–Trinajstić information content (AvgIpc) is 2.62. The Labute approximate surface area is 97.4 Å². The first-order chi connectivity index (χ1) is 7.84. The first-order valence-corrected chi connectivity index (χ1v) is 6.29. The van der Waals surface area contributed by atoms with Crippen LogP contribution in [-0.4, -0.2) is 35.0 Å². The maximum atomic E-state index is 4.23. The summed E-state index contributed by atoms with van der Waals surface area (Å²) in [4.78, 5) is 0. The highest BCUT2D eigenvalue weighted by molar-refractivity contribution is 4.80. The van der Waals surface area contributed by atoms with Gasteiger partial charge in [-0.2, -0.15) is 5.10 Å². The molecule has 0 aliphatic carbocycles. The summed E-state index contributed by atoms with van der Waals surface area (Å²) in [6.07, 6.45) is 7.67. The van der Waals surface area contributed by atoms with E-state index >= 15 is 0 Å². The molecular weight excluding hydrogens is 200 g/mol. The molecule has 2 heterocycles. The largest absolute Gasteiger partial charge is 0.317 e. The van der Waals surface area contributed by atoms with E-state index < -0.39 is 0 Å². The van der Waals surface area contributed by atoms with Crippen molar-refractivity contribution >= 4 is 0 Å². The summed E-state index contributed by atoms with van der Waals surface area (Å²) in [5.41, 5.74) is 0. The van der Waals surface area contributed by atoms with Crippen LogP contribution in [0.2, 0.25) is 0 Å². The molecule has 16 heavy (non-hydrogen) atoms. The smallest absolute Gasteiger partial charge is 0.0560 e. The zero-order valence-corrected chi connectivity index (χ0v) is 10.0. The lowest BCUT2D eigenvalue weighted by Crippen LogP contribution is -2.39. The standard InChI is InChI=1S/C12H22N4/c1-11(10-16-9-3-7-14-16)15-12-4-2-6-13-8-5-12/h3,7,9,11-13,15H,2,4-6,8,10H2,1H3. The molecule has 4 heteroatoms. The van der Waals surface area contributed by atoms with Crippen molar-refractivity contribution in [3.63, 3.8) is 0 Å². The van der Waals surface area contributed by atoms with Crippen LogP contribution in [0.5, 0.6) is 0 Å². The van der Waals surface area contributed by atoms with Crippen LogP contribution in [-0.2, 0) is 6.54 Å². The summed E-state index contributed by atoms with van der Waals surface area (Å²) >= 11 is 0. The zero-order valence-electron chi connectivity index (χ0n) is 10.0. The van der Waals surface area contributed by atoms with Gasteiger partial charge in [-0.3, -0.25) is 4.68 Å². The van der Waals surface area contributed by atoms with E-state index in [4.69, 9.17) is 0 Å². The van der Waals surface area contributed by atoms with Gasteiger partial charge in [0, 0.05) is 24.5 Å². The minimum atomic E-state index is 0.489. The van der Waals surface area contributed by atoms with Gasteiger partial charge in [0.15, 0.2) is 0 Å². The van der Waals surface area contributed by atoms with Crippen molar-refractivity contribution in [1.29, 1.82) is 0 Å². The van der Waals surface area contributed by atoms with Crippen molar-refractivity contribution in [2.45, 2.75) is 44.8 Å². The normalized spacial score (nSPS) is 23.9. The Kier molecular flexibility index (Phi) is 4.36. The lowest BCUT2D eigenvalue weighted by molar-refractivity contribution is 0.373. The van der Waals surface area contributed by atoms with E-state index in [0.717, 1.165) is 13.1 Å². The molecule has 1 aromatic heterocycles. The quantitative estimate of drug-likeness (QED) is 0.799. The van der Waals surface area contributed by atoms with E-state index in [1.165, 1.54) is 25.8 Å². The van der Waals surface area contributed by atoms with E-state index in [-0.39, 0.29) is 0 Å². The summed E-state index contributed by atoms with van der Waals surface area (Å²) in [5, 5.41) is 11.4. The van der Waals surface area contributed by atoms with Gasteiger partial charge in [0.2, 0.25) is 0 Å². The van der Waals surface area contributed by atoms with Crippen LogP contribution in [0.25, 0.3) is 0 Å². The first kappa shape index (κ1) is 11.6. The van der Waals surface area contributed by atoms with Crippen molar-refractivity contribution in [3.8, 4) is 0 Å². The van der Waals surface area contributed by atoms with Crippen molar-refractivity contribution < 1.29 is 0 Å². The molecule has 1 fully saturated rings. The molecule has 2 unspecified atom stereocenters. The summed E-state index contributed by atoms with van der Waals surface area (Å²) in [7, 11) is 0. The van der Waals surface area contributed by atoms with Crippen molar-refractivity contribution in [1.82, 2.24) is 20.4 Å². The van der Waals surface area contributed by atoms with Crippen LogP contribution in [0.4, 0.5) is 0 Å². The van der Waals surface area contributed by atoms with Crippen LogP contribution in [0, 0.1) is 0 Å². The summed E-state index contributed by atoms with van der Waals surface area (Å²) in [6, 6.07) is 3.13. The molecule has 0 amide bonds. The third kappa shape index (κ3) is 3.61. The van der Waals surface area contributed by atoms with E-state index in [0.29, 0.717) is 12.1 Å². The van der Waals surface area contributed by atoms with Gasteiger partial charge in [-0.05, 0) is 45.3 Å². The fraction of sp³-hybridized carbons (Fsp3) is 0.750. The number of nitrogens with zero attached hydrogens (tertiary/aromatic N) is 2. The van der Waals surface area contributed by atoms with Gasteiger partial charge in [-0.1, -0.05) is 0 Å². The predicted octanol–water partition coefficient (Wildman–Crippen LogP) is 1.00. The average molecular weight is 222 g/mol. The van der Waals surface area contributed by atoms with Gasteiger partial charge in [0.05, 0.1) is 6.54 Å². The van der Waals surface area contributed by atoms with E-state index in [1.807, 2.05) is 23.1 Å². The predicted molar refractivity (Wildman–Crippen MR) is 65.3 cm³/mol. The van der Waals surface area contributed by atoms with Crippen LogP contribution < -0.4 is 10.6 Å². The second-order valence-electron chi connectivity index (χ2n) is 4.67. The molecule has 0 aromatic carbocycles. The molecule has 0 spiro atoms. The van der Waals surface area contributed by atoms with Gasteiger partial charge in [-0.15, -0.1) is 0 Å². The molecule has 0 radical (unpaired) electrons. The molecule has 1 saturated heterocycles. The zero-order chi connectivity index (χ0) is 11.2. The van der Waals surface area contributed by atoms with E-state index in [1.54, 1.807) is 0 Å². The molecule has 90 valence electrons. The van der Waals surface area contributed by atoms with Crippen LogP contribution in [0.3, 0.4) is 0 Å². The monoisotopic (exact) mass is 222 g/mol. The van der Waals surface area contributed by atoms with Gasteiger partial charge >= 0.3 is 0 Å². The molecule has 2 atom stereocenters. The van der Waals surface area contributed by atoms with Gasteiger partial charge in [0.25, 0.3) is 0 Å². The number of hydrogen-bond donors (Lipinski definition) is 2. The number of nitrogens with one attached hydrogen (secondary N) is 2. The Balaban J connectivity index is 1.75. The lowest BCUT2D eigenvalue weighted by atomic mass is 10.1. The molecule has 4 nitrogen and oxygen atoms in total. The second-order valence-corrected chi connectivity index (χ2v) is 4.67. The van der Waals surface area contributed by atoms with Gasteiger partial charge < -0.3 is 10.6 Å². The SMILES string of the molecule is CC(Cn1cccn1)NC1CCCNCC1. The third-order valence-electron chi connectivity index (χ3n) is 3.12. The highest BCUT2D eigenvalue weighted by Crippen LogP contribution is 2.06. The first-order valence-electron chi connectivity index (χ1n) is 6.29. The Morgan fingerprint density at radius 3 is 3.25 bits per heavy atom. The van der Waals surface area contributed by atoms with Crippen LogP contribution in [0.15, 0.2) is 18.5 Å². The van der Waals surface area contributed by atoms with Crippen molar-refractivity contribution in [2.75, 3.05) is 13.1 Å². The lowest BCUT2D eigenvalue weighted by Gasteiger charge is -2.21. The van der Waals surface area contributed by atoms with E-state index in [2.05, 4.69) is 22.7 Å². The fourth-order valence-corrected chi connectivity index (χ4v) is 2.33. The molecule has 1 aliphatic rings. The maximum Gasteiger partial charge on any atom is 0.0560 e. The molecule has 0 saturated carbocycles. The Bertz CT molecular complexity index is 275. The number of aromatic nitrogens is 2. The molecular formula is C12H22N4. The molecule has 2 N–H and O–H groups in total. The Morgan fingerprint density at radius 2 is 2.44 bits per heavy atom. The van der Waals surface area contributed by atoms with Crippen LogP contribution >= 0.6 is 0 Å². The molecule has 2 rings (SSSR count). The Morgan fingerprint density at radius 1 is 1.50 bits per heavy atom. The van der Waals surface area contributed by atoms with Crippen LogP contribution in [0.1, 0.15) is 26.2 Å². The minimum absolute atomic E-state index is 0.489. The topological polar surface area (TPSA) is 41.9 Å². The summed E-state index contributed by atoms with van der Waals surface area (Å²) < 4.78 is 1.99. The fourth-order valence-electron chi connectivity index (χ4n) is 2.33. The molecule has 1 aromatic rings. The summed E-state index contributed by atoms with van der Waals surface area (Å²) in [5.74, 6) is 0. The van der Waals surface area contributed by atoms with Gasteiger partial charge in [-0.25, -0.2) is 0 Å². The Hall–Kier alpha value is -0.870. The number of rotatable bonds is 4. The van der Waals surface area contributed by atoms with Crippen molar-refractivity contribution in [2.24, 2.45) is 0 Å². The van der Waals surface area contributed by atoms with E-state index in [9.17, 15) is 0 Å². The highest BCUT2D eigenvalue weighted by Gasteiger charge is 2.14. The highest BCUT2D eigenvalue weighted by atomic mass is 15.3. The third-order valence-corrected chi connectivity index (χ3v) is 3.12. The molecule has 0 bridgehead atoms. The second kappa shape index (κ2) is 6.01.